The first-order valence-corrected chi connectivity index (χ1v) is 7.37. The van der Waals surface area contributed by atoms with Crippen LogP contribution in [0.1, 0.15) is 15.9 Å². The fourth-order valence-corrected chi connectivity index (χ4v) is 2.63. The lowest BCUT2D eigenvalue weighted by Gasteiger charge is -2.22. The average Bonchev–Trinajstić information content (AvgIpc) is 2.46. The number of rotatable bonds is 4. The summed E-state index contributed by atoms with van der Waals surface area (Å²) in [5.74, 6) is -0.119. The lowest BCUT2D eigenvalue weighted by Crippen LogP contribution is -2.24. The minimum Gasteiger partial charge on any atom is -0.399 e. The Bertz CT molecular complexity index is 658. The molecular weight excluding hydrogens is 330 g/mol. The van der Waals surface area contributed by atoms with Gasteiger partial charge >= 0.3 is 0 Å². The number of benzene rings is 2. The summed E-state index contributed by atoms with van der Waals surface area (Å²) in [5.41, 5.74) is 9.08. The average molecular weight is 348 g/mol. The Morgan fingerprint density at radius 2 is 2.05 bits per heavy atom. The van der Waals surface area contributed by atoms with Crippen LogP contribution in [-0.2, 0) is 6.54 Å². The third-order valence-corrected chi connectivity index (χ3v) is 3.71. The third-order valence-electron chi connectivity index (χ3n) is 3.21. The molecule has 0 aromatic heterocycles. The molecule has 21 heavy (non-hydrogen) atoms. The molecule has 4 nitrogen and oxygen atoms in total. The zero-order valence-electron chi connectivity index (χ0n) is 12.1. The van der Waals surface area contributed by atoms with Crippen LogP contribution in [0.3, 0.4) is 0 Å². The topological polar surface area (TPSA) is 58.4 Å². The summed E-state index contributed by atoms with van der Waals surface area (Å²) < 4.78 is 1.03. The molecule has 1 amide bonds. The van der Waals surface area contributed by atoms with Gasteiger partial charge in [0.1, 0.15) is 0 Å². The zero-order valence-corrected chi connectivity index (χ0v) is 13.6. The van der Waals surface area contributed by atoms with Gasteiger partial charge in [-0.2, -0.15) is 0 Å². The molecule has 5 heteroatoms. The van der Waals surface area contributed by atoms with Gasteiger partial charge in [-0.1, -0.05) is 28.1 Å². The number of carbonyl (C=O) groups is 1. The van der Waals surface area contributed by atoms with Crippen LogP contribution in [0.25, 0.3) is 0 Å². The van der Waals surface area contributed by atoms with Gasteiger partial charge < -0.3 is 16.0 Å². The summed E-state index contributed by atoms with van der Waals surface area (Å²) in [5, 5.41) is 2.66. The molecule has 0 saturated carbocycles. The molecule has 0 fully saturated rings. The summed E-state index contributed by atoms with van der Waals surface area (Å²) in [6, 6.07) is 13.4. The van der Waals surface area contributed by atoms with Crippen molar-refractivity contribution in [2.75, 3.05) is 24.7 Å². The Morgan fingerprint density at radius 3 is 2.71 bits per heavy atom. The number of amides is 1. The maximum Gasteiger partial charge on any atom is 0.253 e. The molecule has 2 aromatic carbocycles. The van der Waals surface area contributed by atoms with Gasteiger partial charge in [0, 0.05) is 30.8 Å². The van der Waals surface area contributed by atoms with Crippen LogP contribution in [0.4, 0.5) is 11.4 Å². The van der Waals surface area contributed by atoms with Crippen molar-refractivity contribution < 1.29 is 4.79 Å². The summed E-state index contributed by atoms with van der Waals surface area (Å²) in [6.07, 6.45) is 0. The van der Waals surface area contributed by atoms with E-state index in [1.165, 1.54) is 0 Å². The van der Waals surface area contributed by atoms with Crippen LogP contribution >= 0.6 is 15.9 Å². The van der Waals surface area contributed by atoms with Gasteiger partial charge in [0.05, 0.1) is 11.3 Å². The van der Waals surface area contributed by atoms with Crippen LogP contribution in [0.15, 0.2) is 46.9 Å². The molecule has 2 aromatic rings. The number of nitrogens with one attached hydrogen (secondary N) is 1. The standard InChI is InChI=1S/C16H18BrN3O/c1-19-16(21)14-7-6-13(18)9-15(14)20(2)10-11-4-3-5-12(17)8-11/h3-9H,10,18H2,1-2H3,(H,19,21). The number of nitrogen functional groups attached to an aromatic ring is 1. The highest BCUT2D eigenvalue weighted by atomic mass is 79.9. The maximum atomic E-state index is 12.0. The van der Waals surface area contributed by atoms with Crippen LogP contribution < -0.4 is 16.0 Å². The Balaban J connectivity index is 2.31. The highest BCUT2D eigenvalue weighted by Crippen LogP contribution is 2.24. The quantitative estimate of drug-likeness (QED) is 0.835. The lowest BCUT2D eigenvalue weighted by molar-refractivity contribution is 0.0963. The summed E-state index contributed by atoms with van der Waals surface area (Å²) >= 11 is 3.47. The molecule has 0 aliphatic heterocycles. The fraction of sp³-hybridized carbons (Fsp3) is 0.188. The number of hydrogen-bond acceptors (Lipinski definition) is 3. The van der Waals surface area contributed by atoms with Gasteiger partial charge in [-0.05, 0) is 35.9 Å². The monoisotopic (exact) mass is 347 g/mol. The minimum atomic E-state index is -0.119. The molecule has 0 aliphatic rings. The van der Waals surface area contributed by atoms with E-state index >= 15 is 0 Å². The maximum absolute atomic E-state index is 12.0. The van der Waals surface area contributed by atoms with Crippen molar-refractivity contribution in [2.45, 2.75) is 6.54 Å². The van der Waals surface area contributed by atoms with E-state index in [0.29, 0.717) is 17.8 Å². The van der Waals surface area contributed by atoms with Gasteiger partial charge in [0.25, 0.3) is 5.91 Å². The van der Waals surface area contributed by atoms with Crippen molar-refractivity contribution in [3.8, 4) is 0 Å². The number of nitrogens with zero attached hydrogens (tertiary/aromatic N) is 1. The Labute approximate surface area is 133 Å². The van der Waals surface area contributed by atoms with Crippen molar-refractivity contribution in [1.82, 2.24) is 5.32 Å². The Kier molecular flexibility index (Phi) is 4.85. The molecule has 0 unspecified atom stereocenters. The second kappa shape index (κ2) is 6.63. The second-order valence-electron chi connectivity index (χ2n) is 4.84. The number of nitrogens with two attached hydrogens (primary N) is 1. The van der Waals surface area contributed by atoms with E-state index < -0.39 is 0 Å². The molecule has 3 N–H and O–H groups in total. The van der Waals surface area contributed by atoms with Gasteiger partial charge in [-0.25, -0.2) is 0 Å². The molecule has 0 radical (unpaired) electrons. The van der Waals surface area contributed by atoms with Gasteiger partial charge in [-0.3, -0.25) is 4.79 Å². The van der Waals surface area contributed by atoms with Gasteiger partial charge in [0.2, 0.25) is 0 Å². The molecule has 0 heterocycles. The number of hydrogen-bond donors (Lipinski definition) is 2. The molecule has 110 valence electrons. The lowest BCUT2D eigenvalue weighted by atomic mass is 10.1. The molecule has 0 aliphatic carbocycles. The molecule has 0 atom stereocenters. The predicted octanol–water partition coefficient (Wildman–Crippen LogP) is 3.03. The third kappa shape index (κ3) is 3.76. The van der Waals surface area contributed by atoms with Gasteiger partial charge in [-0.15, -0.1) is 0 Å². The van der Waals surface area contributed by atoms with Crippen LogP contribution in [0, 0.1) is 0 Å². The number of halogens is 1. The number of carbonyl (C=O) groups excluding carboxylic acids is 1. The highest BCUT2D eigenvalue weighted by molar-refractivity contribution is 9.10. The fourth-order valence-electron chi connectivity index (χ4n) is 2.19. The molecule has 2 rings (SSSR count). The van der Waals surface area contributed by atoms with Crippen molar-refractivity contribution in [3.05, 3.63) is 58.1 Å². The van der Waals surface area contributed by atoms with Crippen molar-refractivity contribution in [2.24, 2.45) is 0 Å². The first-order valence-electron chi connectivity index (χ1n) is 6.58. The van der Waals surface area contributed by atoms with Crippen LogP contribution in [0.5, 0.6) is 0 Å². The van der Waals surface area contributed by atoms with Crippen molar-refractivity contribution in [1.29, 1.82) is 0 Å². The summed E-state index contributed by atoms with van der Waals surface area (Å²) in [6.45, 7) is 0.687. The van der Waals surface area contributed by atoms with E-state index in [0.717, 1.165) is 15.7 Å². The van der Waals surface area contributed by atoms with E-state index in [-0.39, 0.29) is 5.91 Å². The molecular formula is C16H18BrN3O. The van der Waals surface area contributed by atoms with Crippen LogP contribution in [-0.4, -0.2) is 20.0 Å². The molecule has 0 bridgehead atoms. The normalized spacial score (nSPS) is 10.2. The van der Waals surface area contributed by atoms with Crippen molar-refractivity contribution in [3.63, 3.8) is 0 Å². The van der Waals surface area contributed by atoms with E-state index in [2.05, 4.69) is 27.3 Å². The van der Waals surface area contributed by atoms with E-state index in [1.54, 1.807) is 19.2 Å². The number of anilines is 2. The van der Waals surface area contributed by atoms with Crippen molar-refractivity contribution >= 4 is 33.2 Å². The van der Waals surface area contributed by atoms with E-state index in [9.17, 15) is 4.79 Å². The highest BCUT2D eigenvalue weighted by Gasteiger charge is 2.14. The SMILES string of the molecule is CNC(=O)c1ccc(N)cc1N(C)Cc1cccc(Br)c1. The first-order chi connectivity index (χ1) is 10.0. The zero-order chi connectivity index (χ0) is 15.4. The molecule has 0 spiro atoms. The summed E-state index contributed by atoms with van der Waals surface area (Å²) in [4.78, 5) is 14.0. The Hall–Kier alpha value is -2.01. The predicted molar refractivity (Wildman–Crippen MR) is 90.5 cm³/mol. The summed E-state index contributed by atoms with van der Waals surface area (Å²) in [7, 11) is 3.57. The van der Waals surface area contributed by atoms with E-state index in [1.807, 2.05) is 36.2 Å². The minimum absolute atomic E-state index is 0.119. The smallest absolute Gasteiger partial charge is 0.253 e. The second-order valence-corrected chi connectivity index (χ2v) is 5.76. The Morgan fingerprint density at radius 1 is 1.29 bits per heavy atom. The van der Waals surface area contributed by atoms with E-state index in [4.69, 9.17) is 5.73 Å². The first kappa shape index (κ1) is 15.4. The van der Waals surface area contributed by atoms with Crippen LogP contribution in [0.2, 0.25) is 0 Å². The van der Waals surface area contributed by atoms with Gasteiger partial charge in [0.15, 0.2) is 0 Å². The molecule has 0 saturated heterocycles. The largest absolute Gasteiger partial charge is 0.399 e.